The molecule has 2 N–H and O–H groups in total. The molecule has 1 aliphatic rings. The van der Waals surface area contributed by atoms with Gasteiger partial charge in [0.1, 0.15) is 11.1 Å². The SMILES string of the molecule is CCc1nc2cc(CNC3CC(O)C3(C)C)cc(C(F)(F)F)c2o1. The van der Waals surface area contributed by atoms with Crippen molar-refractivity contribution in [1.82, 2.24) is 10.3 Å². The maximum Gasteiger partial charge on any atom is 0.420 e. The van der Waals surface area contributed by atoms with Crippen LogP contribution in [0.3, 0.4) is 0 Å². The van der Waals surface area contributed by atoms with E-state index >= 15 is 0 Å². The monoisotopic (exact) mass is 342 g/mol. The van der Waals surface area contributed by atoms with E-state index in [0.717, 1.165) is 6.07 Å². The van der Waals surface area contributed by atoms with E-state index in [-0.39, 0.29) is 35.2 Å². The highest BCUT2D eigenvalue weighted by molar-refractivity contribution is 5.78. The van der Waals surface area contributed by atoms with Crippen LogP contribution in [-0.2, 0) is 19.1 Å². The molecule has 1 heterocycles. The Hall–Kier alpha value is -1.60. The van der Waals surface area contributed by atoms with Crippen LogP contribution in [0, 0.1) is 5.41 Å². The zero-order valence-corrected chi connectivity index (χ0v) is 13.9. The molecule has 7 heteroatoms. The van der Waals surface area contributed by atoms with Crippen LogP contribution in [0.4, 0.5) is 13.2 Å². The maximum absolute atomic E-state index is 13.3. The first kappa shape index (κ1) is 17.2. The van der Waals surface area contributed by atoms with Crippen LogP contribution in [0.1, 0.15) is 44.2 Å². The van der Waals surface area contributed by atoms with Crippen LogP contribution in [0.15, 0.2) is 16.5 Å². The fourth-order valence-electron chi connectivity index (χ4n) is 3.09. The molecular formula is C17H21F3N2O2. The fourth-order valence-corrected chi connectivity index (χ4v) is 3.09. The number of aliphatic hydroxyl groups excluding tert-OH is 1. The molecular weight excluding hydrogens is 321 g/mol. The summed E-state index contributed by atoms with van der Waals surface area (Å²) in [6.07, 6.45) is -3.84. The number of alkyl halides is 3. The second-order valence-electron chi connectivity index (χ2n) is 6.96. The molecule has 1 saturated carbocycles. The van der Waals surface area contributed by atoms with Crippen molar-refractivity contribution >= 4 is 11.1 Å². The van der Waals surface area contributed by atoms with Gasteiger partial charge in [0.25, 0.3) is 0 Å². The van der Waals surface area contributed by atoms with Crippen LogP contribution < -0.4 is 5.32 Å². The van der Waals surface area contributed by atoms with Gasteiger partial charge in [0, 0.05) is 24.4 Å². The van der Waals surface area contributed by atoms with E-state index < -0.39 is 11.7 Å². The predicted molar refractivity (Wildman–Crippen MR) is 83.4 cm³/mol. The summed E-state index contributed by atoms with van der Waals surface area (Å²) in [7, 11) is 0. The Kier molecular flexibility index (Phi) is 4.12. The number of oxazole rings is 1. The van der Waals surface area contributed by atoms with Crippen molar-refractivity contribution in [2.75, 3.05) is 0 Å². The number of benzene rings is 1. The molecule has 0 bridgehead atoms. The van der Waals surface area contributed by atoms with Crippen LogP contribution >= 0.6 is 0 Å². The Morgan fingerprint density at radius 1 is 1.38 bits per heavy atom. The lowest BCUT2D eigenvalue weighted by atomic mass is 9.64. The van der Waals surface area contributed by atoms with Gasteiger partial charge in [0.05, 0.1) is 6.10 Å². The third-order valence-corrected chi connectivity index (χ3v) is 4.97. The van der Waals surface area contributed by atoms with Gasteiger partial charge in [-0.3, -0.25) is 0 Å². The molecule has 4 nitrogen and oxygen atoms in total. The first-order valence-corrected chi connectivity index (χ1v) is 8.04. The number of aliphatic hydroxyl groups is 1. The number of nitrogens with zero attached hydrogens (tertiary/aromatic N) is 1. The number of fused-ring (bicyclic) bond motifs is 1. The molecule has 132 valence electrons. The maximum atomic E-state index is 13.3. The Bertz CT molecular complexity index is 752. The second kappa shape index (κ2) is 5.74. The largest absolute Gasteiger partial charge is 0.440 e. The van der Waals surface area contributed by atoms with Crippen molar-refractivity contribution in [1.29, 1.82) is 0 Å². The molecule has 0 saturated heterocycles. The molecule has 2 unspecified atom stereocenters. The Morgan fingerprint density at radius 2 is 2.08 bits per heavy atom. The summed E-state index contributed by atoms with van der Waals surface area (Å²) in [5.41, 5.74) is -0.547. The Labute approximate surface area is 138 Å². The summed E-state index contributed by atoms with van der Waals surface area (Å²) >= 11 is 0. The van der Waals surface area contributed by atoms with Gasteiger partial charge in [0.2, 0.25) is 0 Å². The summed E-state index contributed by atoms with van der Waals surface area (Å²) in [5, 5.41) is 13.0. The zero-order valence-electron chi connectivity index (χ0n) is 13.9. The number of hydrogen-bond acceptors (Lipinski definition) is 4. The van der Waals surface area contributed by atoms with E-state index in [1.165, 1.54) is 0 Å². The molecule has 1 aromatic carbocycles. The van der Waals surface area contributed by atoms with Gasteiger partial charge in [-0.2, -0.15) is 13.2 Å². The van der Waals surface area contributed by atoms with Crippen molar-refractivity contribution in [3.63, 3.8) is 0 Å². The number of rotatable bonds is 4. The van der Waals surface area contributed by atoms with Gasteiger partial charge in [-0.1, -0.05) is 20.8 Å². The molecule has 0 aliphatic heterocycles. The zero-order chi connectivity index (χ0) is 17.7. The molecule has 2 atom stereocenters. The smallest absolute Gasteiger partial charge is 0.420 e. The molecule has 1 fully saturated rings. The summed E-state index contributed by atoms with van der Waals surface area (Å²) in [6.45, 7) is 5.95. The van der Waals surface area contributed by atoms with Gasteiger partial charge in [0.15, 0.2) is 11.5 Å². The van der Waals surface area contributed by atoms with E-state index in [9.17, 15) is 18.3 Å². The first-order valence-electron chi connectivity index (χ1n) is 8.04. The van der Waals surface area contributed by atoms with E-state index in [1.54, 1.807) is 13.0 Å². The lowest BCUT2D eigenvalue weighted by Gasteiger charge is -2.49. The van der Waals surface area contributed by atoms with Crippen LogP contribution in [0.2, 0.25) is 0 Å². The normalized spacial score (nSPS) is 23.5. The number of hydrogen-bond donors (Lipinski definition) is 2. The third-order valence-electron chi connectivity index (χ3n) is 4.97. The van der Waals surface area contributed by atoms with E-state index in [0.29, 0.717) is 24.3 Å². The van der Waals surface area contributed by atoms with Crippen molar-refractivity contribution in [2.24, 2.45) is 5.41 Å². The highest BCUT2D eigenvalue weighted by atomic mass is 19.4. The molecule has 1 aliphatic carbocycles. The summed E-state index contributed by atoms with van der Waals surface area (Å²) in [4.78, 5) is 4.13. The average Bonchev–Trinajstić information content (AvgIpc) is 2.92. The molecule has 2 aromatic rings. The standard InChI is InChI=1S/C17H21F3N2O2/c1-4-14-22-11-6-9(5-10(15(11)24-14)17(18,19)20)8-21-12-7-13(23)16(12,2)3/h5-6,12-13,21,23H,4,7-8H2,1-3H3. The summed E-state index contributed by atoms with van der Waals surface area (Å²) < 4.78 is 45.2. The lowest BCUT2D eigenvalue weighted by molar-refractivity contribution is -0.136. The highest BCUT2D eigenvalue weighted by Gasteiger charge is 2.46. The minimum absolute atomic E-state index is 0.0704. The Morgan fingerprint density at radius 3 is 2.62 bits per heavy atom. The molecule has 1 aromatic heterocycles. The van der Waals surface area contributed by atoms with E-state index in [2.05, 4.69) is 10.3 Å². The molecule has 24 heavy (non-hydrogen) atoms. The van der Waals surface area contributed by atoms with Crippen molar-refractivity contribution < 1.29 is 22.7 Å². The van der Waals surface area contributed by atoms with E-state index in [4.69, 9.17) is 4.42 Å². The summed E-state index contributed by atoms with van der Waals surface area (Å²) in [6, 6.07) is 2.81. The average molecular weight is 342 g/mol. The van der Waals surface area contributed by atoms with Gasteiger partial charge < -0.3 is 14.8 Å². The van der Waals surface area contributed by atoms with Crippen molar-refractivity contribution in [2.45, 2.75) is 58.5 Å². The lowest BCUT2D eigenvalue weighted by Crippen LogP contribution is -2.59. The third kappa shape index (κ3) is 2.91. The fraction of sp³-hybridized carbons (Fsp3) is 0.588. The molecule has 0 amide bonds. The number of aromatic nitrogens is 1. The number of nitrogens with one attached hydrogen (secondary N) is 1. The Balaban J connectivity index is 1.88. The topological polar surface area (TPSA) is 58.3 Å². The van der Waals surface area contributed by atoms with Gasteiger partial charge in [-0.25, -0.2) is 4.98 Å². The van der Waals surface area contributed by atoms with Crippen LogP contribution in [-0.4, -0.2) is 22.2 Å². The van der Waals surface area contributed by atoms with E-state index in [1.807, 2.05) is 13.8 Å². The minimum atomic E-state index is -4.50. The van der Waals surface area contributed by atoms with Crippen LogP contribution in [0.5, 0.6) is 0 Å². The molecule has 0 spiro atoms. The van der Waals surface area contributed by atoms with Gasteiger partial charge in [-0.05, 0) is 24.1 Å². The van der Waals surface area contributed by atoms with Crippen LogP contribution in [0.25, 0.3) is 11.1 Å². The van der Waals surface area contributed by atoms with Gasteiger partial charge in [-0.15, -0.1) is 0 Å². The predicted octanol–water partition coefficient (Wildman–Crippen LogP) is 3.66. The summed E-state index contributed by atoms with van der Waals surface area (Å²) in [5.74, 6) is 0.295. The van der Waals surface area contributed by atoms with Crippen molar-refractivity contribution in [3.05, 3.63) is 29.2 Å². The molecule has 0 radical (unpaired) electrons. The minimum Gasteiger partial charge on any atom is -0.440 e. The second-order valence-corrected chi connectivity index (χ2v) is 6.96. The quantitative estimate of drug-likeness (QED) is 0.890. The highest BCUT2D eigenvalue weighted by Crippen LogP contribution is 2.41. The number of halogens is 3. The number of aryl methyl sites for hydroxylation is 1. The first-order chi connectivity index (χ1) is 11.1. The molecule has 3 rings (SSSR count). The van der Waals surface area contributed by atoms with Gasteiger partial charge >= 0.3 is 6.18 Å². The van der Waals surface area contributed by atoms with Crippen molar-refractivity contribution in [3.8, 4) is 0 Å².